The lowest BCUT2D eigenvalue weighted by Crippen LogP contribution is -2.35. The van der Waals surface area contributed by atoms with Crippen molar-refractivity contribution in [3.05, 3.63) is 10.6 Å². The second kappa shape index (κ2) is 5.95. The summed E-state index contributed by atoms with van der Waals surface area (Å²) in [5, 5.41) is 10.3. The number of anilines is 1. The van der Waals surface area contributed by atoms with Gasteiger partial charge in [-0.25, -0.2) is 4.98 Å². The van der Waals surface area contributed by atoms with Crippen molar-refractivity contribution >= 4 is 22.4 Å². The summed E-state index contributed by atoms with van der Waals surface area (Å²) < 4.78 is 0. The SMILES string of the molecule is CCC1CCC(N(C)c2nc3c(s2)CCC3C(=O)O)CC1. The molecule has 2 aliphatic carbocycles. The summed E-state index contributed by atoms with van der Waals surface area (Å²) in [6.45, 7) is 2.28. The van der Waals surface area contributed by atoms with E-state index in [1.54, 1.807) is 11.3 Å². The predicted octanol–water partition coefficient (Wildman–Crippen LogP) is 3.66. The zero-order valence-electron chi connectivity index (χ0n) is 12.8. The van der Waals surface area contributed by atoms with E-state index < -0.39 is 5.97 Å². The molecule has 1 fully saturated rings. The minimum Gasteiger partial charge on any atom is -0.481 e. The molecule has 2 aliphatic rings. The fourth-order valence-electron chi connectivity index (χ4n) is 3.70. The molecule has 1 aromatic rings. The Bertz CT molecular complexity index is 520. The molecule has 0 bridgehead atoms. The van der Waals surface area contributed by atoms with E-state index in [9.17, 15) is 9.90 Å². The number of aromatic nitrogens is 1. The van der Waals surface area contributed by atoms with Gasteiger partial charge in [0.15, 0.2) is 5.13 Å². The van der Waals surface area contributed by atoms with E-state index >= 15 is 0 Å². The van der Waals surface area contributed by atoms with E-state index in [1.165, 1.54) is 37.0 Å². The molecule has 1 saturated carbocycles. The fraction of sp³-hybridized carbons (Fsp3) is 0.750. The third kappa shape index (κ3) is 2.80. The maximum atomic E-state index is 11.3. The van der Waals surface area contributed by atoms with Crippen LogP contribution in [0, 0.1) is 5.92 Å². The Balaban J connectivity index is 1.71. The number of hydrogen-bond donors (Lipinski definition) is 1. The summed E-state index contributed by atoms with van der Waals surface area (Å²) in [5.41, 5.74) is 0.830. The number of hydrogen-bond acceptors (Lipinski definition) is 4. The molecule has 0 aliphatic heterocycles. The average Bonchev–Trinajstić information content (AvgIpc) is 3.06. The lowest BCUT2D eigenvalue weighted by atomic mass is 9.84. The smallest absolute Gasteiger partial charge is 0.312 e. The maximum absolute atomic E-state index is 11.3. The van der Waals surface area contributed by atoms with Crippen LogP contribution in [-0.4, -0.2) is 29.1 Å². The lowest BCUT2D eigenvalue weighted by molar-refractivity contribution is -0.138. The fourth-order valence-corrected chi connectivity index (χ4v) is 4.87. The lowest BCUT2D eigenvalue weighted by Gasteiger charge is -2.34. The van der Waals surface area contributed by atoms with Gasteiger partial charge in [-0.05, 0) is 44.4 Å². The predicted molar refractivity (Wildman–Crippen MR) is 85.3 cm³/mol. The second-order valence-corrected chi connectivity index (χ2v) is 7.49. The highest BCUT2D eigenvalue weighted by atomic mass is 32.1. The largest absolute Gasteiger partial charge is 0.481 e. The van der Waals surface area contributed by atoms with E-state index in [1.807, 2.05) is 0 Å². The minimum atomic E-state index is -0.725. The van der Waals surface area contributed by atoms with E-state index in [0.717, 1.165) is 29.6 Å². The van der Waals surface area contributed by atoms with Crippen LogP contribution in [0.3, 0.4) is 0 Å². The minimum absolute atomic E-state index is 0.380. The molecule has 4 nitrogen and oxygen atoms in total. The van der Waals surface area contributed by atoms with Gasteiger partial charge in [0.2, 0.25) is 0 Å². The molecule has 21 heavy (non-hydrogen) atoms. The summed E-state index contributed by atoms with van der Waals surface area (Å²) in [6.07, 6.45) is 7.99. The maximum Gasteiger partial charge on any atom is 0.312 e. The number of aryl methyl sites for hydroxylation is 1. The van der Waals surface area contributed by atoms with Crippen LogP contribution in [0.25, 0.3) is 0 Å². The van der Waals surface area contributed by atoms with Crippen molar-refractivity contribution in [2.75, 3.05) is 11.9 Å². The molecule has 1 unspecified atom stereocenters. The molecule has 0 saturated heterocycles. The van der Waals surface area contributed by atoms with E-state index in [-0.39, 0.29) is 5.92 Å². The van der Waals surface area contributed by atoms with E-state index in [2.05, 4.69) is 23.9 Å². The quantitative estimate of drug-likeness (QED) is 0.922. The number of nitrogens with zero attached hydrogens (tertiary/aromatic N) is 2. The van der Waals surface area contributed by atoms with E-state index in [4.69, 9.17) is 0 Å². The van der Waals surface area contributed by atoms with Gasteiger partial charge in [-0.2, -0.15) is 0 Å². The molecule has 0 spiro atoms. The summed E-state index contributed by atoms with van der Waals surface area (Å²) in [6, 6.07) is 0.572. The van der Waals surface area contributed by atoms with Gasteiger partial charge in [0.25, 0.3) is 0 Å². The standard InChI is InChI=1S/C16H24N2O2S/c1-3-10-4-6-11(7-5-10)18(2)16-17-14-12(15(19)20)8-9-13(14)21-16/h10-12H,3-9H2,1-2H3,(H,19,20). The van der Waals surface area contributed by atoms with Crippen molar-refractivity contribution in [1.82, 2.24) is 4.98 Å². The molecule has 0 amide bonds. The summed E-state index contributed by atoms with van der Waals surface area (Å²) in [5.74, 6) is -0.210. The topological polar surface area (TPSA) is 53.4 Å². The summed E-state index contributed by atoms with van der Waals surface area (Å²) >= 11 is 1.70. The van der Waals surface area contributed by atoms with E-state index in [0.29, 0.717) is 6.04 Å². The Morgan fingerprint density at radius 2 is 2.05 bits per heavy atom. The number of carboxylic acids is 1. The summed E-state index contributed by atoms with van der Waals surface area (Å²) in [4.78, 5) is 19.4. The first kappa shape index (κ1) is 14.8. The number of aliphatic carboxylic acids is 1. The first-order valence-electron chi connectivity index (χ1n) is 8.05. The van der Waals surface area contributed by atoms with Crippen molar-refractivity contribution in [3.8, 4) is 0 Å². The van der Waals surface area contributed by atoms with Crippen molar-refractivity contribution in [3.63, 3.8) is 0 Å². The molecule has 3 rings (SSSR count). The van der Waals surface area contributed by atoms with Crippen LogP contribution in [0.5, 0.6) is 0 Å². The van der Waals surface area contributed by atoms with Gasteiger partial charge >= 0.3 is 5.97 Å². The van der Waals surface area contributed by atoms with Gasteiger partial charge in [-0.1, -0.05) is 13.3 Å². The monoisotopic (exact) mass is 308 g/mol. The molecule has 1 atom stereocenters. The zero-order chi connectivity index (χ0) is 15.0. The molecule has 1 N–H and O–H groups in total. The van der Waals surface area contributed by atoms with Crippen LogP contribution < -0.4 is 4.90 Å². The van der Waals surface area contributed by atoms with Crippen molar-refractivity contribution in [1.29, 1.82) is 0 Å². The van der Waals surface area contributed by atoms with Crippen LogP contribution in [0.1, 0.15) is 61.9 Å². The second-order valence-electron chi connectivity index (χ2n) is 6.43. The van der Waals surface area contributed by atoms with Crippen molar-refractivity contribution in [2.24, 2.45) is 5.92 Å². The number of carbonyl (C=O) groups is 1. The molecule has 1 aromatic heterocycles. The number of rotatable bonds is 4. The van der Waals surface area contributed by atoms with Crippen molar-refractivity contribution < 1.29 is 9.90 Å². The first-order valence-corrected chi connectivity index (χ1v) is 8.87. The van der Waals surface area contributed by atoms with Gasteiger partial charge in [0, 0.05) is 18.0 Å². The van der Waals surface area contributed by atoms with Gasteiger partial charge < -0.3 is 10.0 Å². The Labute approximate surface area is 130 Å². The van der Waals surface area contributed by atoms with Crippen LogP contribution in [0.15, 0.2) is 0 Å². The Hall–Kier alpha value is -1.10. The van der Waals surface area contributed by atoms with Crippen molar-refractivity contribution in [2.45, 2.75) is 63.8 Å². The van der Waals surface area contributed by atoms with Gasteiger partial charge in [-0.15, -0.1) is 11.3 Å². The number of thiazole rings is 1. The van der Waals surface area contributed by atoms with Crippen LogP contribution in [0.4, 0.5) is 5.13 Å². The van der Waals surface area contributed by atoms with Crippen LogP contribution in [0.2, 0.25) is 0 Å². The molecule has 0 radical (unpaired) electrons. The van der Waals surface area contributed by atoms with Crippen LogP contribution >= 0.6 is 11.3 Å². The Morgan fingerprint density at radius 1 is 1.33 bits per heavy atom. The normalized spacial score (nSPS) is 28.4. The molecule has 5 heteroatoms. The molecule has 0 aromatic carbocycles. The van der Waals surface area contributed by atoms with Gasteiger partial charge in [0.1, 0.15) is 5.92 Å². The Kier molecular flexibility index (Phi) is 4.20. The molecule has 1 heterocycles. The third-order valence-electron chi connectivity index (χ3n) is 5.25. The number of fused-ring (bicyclic) bond motifs is 1. The summed E-state index contributed by atoms with van der Waals surface area (Å²) in [7, 11) is 2.13. The third-order valence-corrected chi connectivity index (χ3v) is 6.47. The zero-order valence-corrected chi connectivity index (χ0v) is 13.7. The highest BCUT2D eigenvalue weighted by Gasteiger charge is 2.34. The average molecular weight is 308 g/mol. The van der Waals surface area contributed by atoms with Crippen LogP contribution in [-0.2, 0) is 11.2 Å². The molecular weight excluding hydrogens is 284 g/mol. The highest BCUT2D eigenvalue weighted by Crippen LogP contribution is 2.41. The molecule has 116 valence electrons. The van der Waals surface area contributed by atoms with Gasteiger partial charge in [0.05, 0.1) is 5.69 Å². The Morgan fingerprint density at radius 3 is 2.67 bits per heavy atom. The first-order chi connectivity index (χ1) is 10.1. The molecular formula is C16H24N2O2S. The number of carboxylic acid groups (broad SMARTS) is 1. The van der Waals surface area contributed by atoms with Gasteiger partial charge in [-0.3, -0.25) is 4.79 Å². The highest BCUT2D eigenvalue weighted by molar-refractivity contribution is 7.15.